The van der Waals surface area contributed by atoms with Crippen LogP contribution in [0.15, 0.2) is 83.5 Å². The number of cyclic esters (lactones) is 1. The minimum atomic E-state index is -0.504. The highest BCUT2D eigenvalue weighted by molar-refractivity contribution is 6.12. The van der Waals surface area contributed by atoms with Crippen LogP contribution in [0, 0.1) is 11.3 Å². The summed E-state index contributed by atoms with van der Waals surface area (Å²) in [7, 11) is 0. The van der Waals surface area contributed by atoms with Crippen LogP contribution in [0.2, 0.25) is 0 Å². The van der Waals surface area contributed by atoms with Crippen molar-refractivity contribution in [2.24, 2.45) is 4.99 Å². The first kappa shape index (κ1) is 20.9. The summed E-state index contributed by atoms with van der Waals surface area (Å²) >= 11 is 0. The summed E-state index contributed by atoms with van der Waals surface area (Å²) in [5.41, 5.74) is 3.03. The fourth-order valence-corrected chi connectivity index (χ4v) is 3.18. The molecule has 158 valence electrons. The first-order valence-electron chi connectivity index (χ1n) is 10.1. The van der Waals surface area contributed by atoms with Gasteiger partial charge in [-0.2, -0.15) is 5.26 Å². The third-order valence-electron chi connectivity index (χ3n) is 4.73. The molecule has 1 heterocycles. The fraction of sp³-hybridized carbons (Fsp3) is 0.115. The Hall–Kier alpha value is -4.37. The van der Waals surface area contributed by atoms with Gasteiger partial charge in [0.2, 0.25) is 5.90 Å². The minimum Gasteiger partial charge on any atom is -0.490 e. The zero-order chi connectivity index (χ0) is 22.3. The van der Waals surface area contributed by atoms with Crippen molar-refractivity contribution in [1.29, 1.82) is 5.26 Å². The minimum absolute atomic E-state index is 0.211. The molecule has 1 aliphatic rings. The molecule has 32 heavy (non-hydrogen) atoms. The number of nitrogens with zero attached hydrogens (tertiary/aromatic N) is 2. The van der Waals surface area contributed by atoms with Crippen LogP contribution in [-0.2, 0) is 16.1 Å². The highest BCUT2D eigenvalue weighted by Crippen LogP contribution is 2.31. The van der Waals surface area contributed by atoms with E-state index >= 15 is 0 Å². The van der Waals surface area contributed by atoms with Crippen LogP contribution >= 0.6 is 0 Å². The molecule has 3 aromatic carbocycles. The summed E-state index contributed by atoms with van der Waals surface area (Å²) < 4.78 is 17.0. The lowest BCUT2D eigenvalue weighted by Gasteiger charge is -2.13. The molecule has 0 atom stereocenters. The van der Waals surface area contributed by atoms with Gasteiger partial charge in [0.15, 0.2) is 17.2 Å². The maximum atomic E-state index is 12.3. The lowest BCUT2D eigenvalue weighted by molar-refractivity contribution is -0.129. The molecule has 0 spiro atoms. The largest absolute Gasteiger partial charge is 0.490 e. The SMILES string of the molecule is CCOc1cc(/C=C2\N=C(c3ccccc3)OC2=O)ccc1OCc1ccccc1C#N. The van der Waals surface area contributed by atoms with Gasteiger partial charge in [-0.15, -0.1) is 0 Å². The van der Waals surface area contributed by atoms with Gasteiger partial charge in [0.25, 0.3) is 0 Å². The van der Waals surface area contributed by atoms with Crippen LogP contribution < -0.4 is 9.47 Å². The van der Waals surface area contributed by atoms with Crippen molar-refractivity contribution in [3.63, 3.8) is 0 Å². The summed E-state index contributed by atoms with van der Waals surface area (Å²) in [5.74, 6) is 0.859. The average molecular weight is 424 g/mol. The monoisotopic (exact) mass is 424 g/mol. The van der Waals surface area contributed by atoms with Crippen LogP contribution in [0.4, 0.5) is 0 Å². The molecule has 0 saturated heterocycles. The summed E-state index contributed by atoms with van der Waals surface area (Å²) in [6, 6.07) is 24.1. The summed E-state index contributed by atoms with van der Waals surface area (Å²) in [4.78, 5) is 16.6. The van der Waals surface area contributed by atoms with Crippen molar-refractivity contribution in [3.05, 3.63) is 101 Å². The maximum absolute atomic E-state index is 12.3. The molecular weight excluding hydrogens is 404 g/mol. The summed E-state index contributed by atoms with van der Waals surface area (Å²) in [5, 5.41) is 9.25. The summed E-state index contributed by atoms with van der Waals surface area (Å²) in [6.07, 6.45) is 1.65. The van der Waals surface area contributed by atoms with Crippen molar-refractivity contribution in [2.75, 3.05) is 6.61 Å². The smallest absolute Gasteiger partial charge is 0.363 e. The van der Waals surface area contributed by atoms with Gasteiger partial charge in [-0.1, -0.05) is 42.5 Å². The molecule has 0 fully saturated rings. The number of ether oxygens (including phenoxy) is 3. The van der Waals surface area contributed by atoms with E-state index in [1.165, 1.54) is 0 Å². The van der Waals surface area contributed by atoms with E-state index in [9.17, 15) is 10.1 Å². The Kier molecular flexibility index (Phi) is 6.28. The van der Waals surface area contributed by atoms with E-state index in [-0.39, 0.29) is 18.2 Å². The molecule has 0 saturated carbocycles. The number of rotatable bonds is 7. The van der Waals surface area contributed by atoms with E-state index in [1.54, 1.807) is 24.3 Å². The number of carbonyl (C=O) groups is 1. The number of esters is 1. The molecule has 3 aromatic rings. The lowest BCUT2D eigenvalue weighted by atomic mass is 10.1. The number of hydrogen-bond donors (Lipinski definition) is 0. The number of carbonyl (C=O) groups excluding carboxylic acids is 1. The molecule has 0 amide bonds. The third-order valence-corrected chi connectivity index (χ3v) is 4.73. The Morgan fingerprint density at radius 1 is 1.00 bits per heavy atom. The standard InChI is InChI=1S/C26H20N2O4/c1-2-30-24-15-18(12-13-23(24)31-17-21-11-7-6-10-20(21)16-27)14-22-26(29)32-25(28-22)19-8-4-3-5-9-19/h3-15H,2,17H2,1H3/b22-14-. The Labute approximate surface area is 186 Å². The van der Waals surface area contributed by atoms with Crippen LogP contribution in [0.25, 0.3) is 6.08 Å². The van der Waals surface area contributed by atoms with Gasteiger partial charge in [-0.25, -0.2) is 9.79 Å². The average Bonchev–Trinajstić information content (AvgIpc) is 3.19. The predicted molar refractivity (Wildman–Crippen MR) is 120 cm³/mol. The zero-order valence-corrected chi connectivity index (χ0v) is 17.4. The predicted octanol–water partition coefficient (Wildman–Crippen LogP) is 4.88. The van der Waals surface area contributed by atoms with E-state index in [0.717, 1.165) is 16.7 Å². The van der Waals surface area contributed by atoms with E-state index in [4.69, 9.17) is 14.2 Å². The van der Waals surface area contributed by atoms with Crippen molar-refractivity contribution < 1.29 is 19.0 Å². The van der Waals surface area contributed by atoms with Gasteiger partial charge in [0.05, 0.1) is 18.2 Å². The second-order valence-corrected chi connectivity index (χ2v) is 6.90. The van der Waals surface area contributed by atoms with Crippen molar-refractivity contribution in [3.8, 4) is 17.6 Å². The molecule has 1 aliphatic heterocycles. The Morgan fingerprint density at radius 3 is 2.56 bits per heavy atom. The lowest BCUT2D eigenvalue weighted by Crippen LogP contribution is -2.05. The van der Waals surface area contributed by atoms with Crippen molar-refractivity contribution >= 4 is 17.9 Å². The topological polar surface area (TPSA) is 80.9 Å². The van der Waals surface area contributed by atoms with Gasteiger partial charge in [0, 0.05) is 11.1 Å². The second kappa shape index (κ2) is 9.63. The third kappa shape index (κ3) is 4.68. The molecule has 0 aliphatic carbocycles. The summed E-state index contributed by atoms with van der Waals surface area (Å²) in [6.45, 7) is 2.56. The highest BCUT2D eigenvalue weighted by Gasteiger charge is 2.24. The molecule has 6 nitrogen and oxygen atoms in total. The van der Waals surface area contributed by atoms with Gasteiger partial charge in [-0.05, 0) is 48.9 Å². The number of hydrogen-bond acceptors (Lipinski definition) is 6. The first-order chi connectivity index (χ1) is 15.7. The molecule has 4 rings (SSSR count). The highest BCUT2D eigenvalue weighted by atomic mass is 16.6. The van der Waals surface area contributed by atoms with Crippen molar-refractivity contribution in [2.45, 2.75) is 13.5 Å². The van der Waals surface area contributed by atoms with Crippen LogP contribution in [0.5, 0.6) is 11.5 Å². The van der Waals surface area contributed by atoms with E-state index in [1.807, 2.05) is 61.5 Å². The Balaban J connectivity index is 1.57. The molecule has 0 aromatic heterocycles. The van der Waals surface area contributed by atoms with Gasteiger partial charge in [-0.3, -0.25) is 0 Å². The molecule has 0 radical (unpaired) electrons. The number of benzene rings is 3. The zero-order valence-electron chi connectivity index (χ0n) is 17.4. The van der Waals surface area contributed by atoms with Crippen LogP contribution in [0.3, 0.4) is 0 Å². The molecule has 6 heteroatoms. The molecule has 0 unspecified atom stereocenters. The van der Waals surface area contributed by atoms with Crippen LogP contribution in [0.1, 0.15) is 29.2 Å². The van der Waals surface area contributed by atoms with E-state index in [0.29, 0.717) is 23.7 Å². The number of nitriles is 1. The molecule has 0 bridgehead atoms. The Bertz CT molecular complexity index is 1240. The molecular formula is C26H20N2O4. The normalized spacial score (nSPS) is 13.9. The van der Waals surface area contributed by atoms with Crippen LogP contribution in [-0.4, -0.2) is 18.5 Å². The van der Waals surface area contributed by atoms with Crippen molar-refractivity contribution in [1.82, 2.24) is 0 Å². The quantitative estimate of drug-likeness (QED) is 0.399. The molecule has 0 N–H and O–H groups in total. The fourth-order valence-electron chi connectivity index (χ4n) is 3.18. The second-order valence-electron chi connectivity index (χ2n) is 6.90. The van der Waals surface area contributed by atoms with Gasteiger partial charge >= 0.3 is 5.97 Å². The van der Waals surface area contributed by atoms with E-state index < -0.39 is 5.97 Å². The Morgan fingerprint density at radius 2 is 1.78 bits per heavy atom. The number of aliphatic imine (C=N–C) groups is 1. The first-order valence-corrected chi connectivity index (χ1v) is 10.1. The maximum Gasteiger partial charge on any atom is 0.363 e. The van der Waals surface area contributed by atoms with E-state index in [2.05, 4.69) is 11.1 Å². The van der Waals surface area contributed by atoms with Gasteiger partial charge < -0.3 is 14.2 Å². The van der Waals surface area contributed by atoms with Gasteiger partial charge in [0.1, 0.15) is 6.61 Å².